The molecule has 3 rings (SSSR count). The second kappa shape index (κ2) is 5.99. The highest BCUT2D eigenvalue weighted by Crippen LogP contribution is 2.30. The molecule has 0 aliphatic rings. The van der Waals surface area contributed by atoms with Crippen LogP contribution in [0.25, 0.3) is 22.3 Å². The molecule has 2 aromatic carbocycles. The molecule has 0 aliphatic heterocycles. The van der Waals surface area contributed by atoms with Gasteiger partial charge in [-0.05, 0) is 24.3 Å². The van der Waals surface area contributed by atoms with Gasteiger partial charge in [0.05, 0.1) is 17.7 Å². The maximum absolute atomic E-state index is 10.0. The van der Waals surface area contributed by atoms with Crippen molar-refractivity contribution in [2.24, 2.45) is 0 Å². The Morgan fingerprint density at radius 1 is 1.00 bits per heavy atom. The third kappa shape index (κ3) is 2.58. The Labute approximate surface area is 128 Å². The number of rotatable bonds is 4. The second-order valence-corrected chi connectivity index (χ2v) is 5.05. The maximum atomic E-state index is 10.0. The Balaban J connectivity index is 2.23. The molecule has 112 valence electrons. The first-order chi connectivity index (χ1) is 10.7. The molecule has 1 heterocycles. The first-order valence-corrected chi connectivity index (χ1v) is 7.08. The van der Waals surface area contributed by atoms with Gasteiger partial charge in [-0.3, -0.25) is 0 Å². The fourth-order valence-electron chi connectivity index (χ4n) is 2.39. The van der Waals surface area contributed by atoms with Crippen molar-refractivity contribution in [1.82, 2.24) is 9.97 Å². The van der Waals surface area contributed by atoms with Gasteiger partial charge in [-0.15, -0.1) is 0 Å². The second-order valence-electron chi connectivity index (χ2n) is 5.05. The van der Waals surface area contributed by atoms with E-state index in [0.717, 1.165) is 16.7 Å². The van der Waals surface area contributed by atoms with Crippen LogP contribution in [0.4, 0.5) is 5.82 Å². The number of anilines is 1. The molecule has 0 atom stereocenters. The number of likely N-dealkylation sites (N-methyl/N-ethyl adjacent to an activating group) is 1. The molecule has 22 heavy (non-hydrogen) atoms. The lowest BCUT2D eigenvalue weighted by molar-refractivity contribution is 0.304. The summed E-state index contributed by atoms with van der Waals surface area (Å²) in [6, 6.07) is 14.7. The Morgan fingerprint density at radius 2 is 1.73 bits per heavy atom. The fraction of sp³-hybridized carbons (Fsp3) is 0.176. The number of aromatic nitrogens is 2. The molecule has 2 N–H and O–H groups in total. The first kappa shape index (κ1) is 14.3. The zero-order valence-electron chi connectivity index (χ0n) is 12.3. The molecule has 5 heteroatoms. The molecular formula is C17H17N3O2. The van der Waals surface area contributed by atoms with Crippen LogP contribution in [0.15, 0.2) is 48.5 Å². The van der Waals surface area contributed by atoms with Gasteiger partial charge in [0.15, 0.2) is 5.82 Å². The van der Waals surface area contributed by atoms with Crippen molar-refractivity contribution in [3.8, 4) is 17.1 Å². The molecule has 1 aromatic heterocycles. The maximum Gasteiger partial charge on any atom is 0.165 e. The number of hydrogen-bond donors (Lipinski definition) is 2. The summed E-state index contributed by atoms with van der Waals surface area (Å²) >= 11 is 0. The highest BCUT2D eigenvalue weighted by Gasteiger charge is 2.14. The van der Waals surface area contributed by atoms with Crippen LogP contribution in [0.3, 0.4) is 0 Å². The topological polar surface area (TPSA) is 69.5 Å². The number of aliphatic hydroxyl groups is 1. The molecule has 0 bridgehead atoms. The van der Waals surface area contributed by atoms with E-state index in [-0.39, 0.29) is 12.4 Å². The van der Waals surface area contributed by atoms with E-state index in [0.29, 0.717) is 17.9 Å². The summed E-state index contributed by atoms with van der Waals surface area (Å²) in [4.78, 5) is 11.0. The standard InChI is InChI=1S/C17H17N3O2/c1-20(10-11-21)17-12-6-2-4-8-14(12)18-16(19-17)13-7-3-5-9-15(13)22/h2-9,21-22H,10-11H2,1H3. The monoisotopic (exact) mass is 295 g/mol. The molecule has 0 aliphatic carbocycles. The van der Waals surface area contributed by atoms with E-state index in [1.807, 2.05) is 42.3 Å². The SMILES string of the molecule is CN(CCO)c1nc(-c2ccccc2O)nc2ccccc12. The molecule has 0 unspecified atom stereocenters. The molecule has 0 spiro atoms. The van der Waals surface area contributed by atoms with Gasteiger partial charge in [-0.2, -0.15) is 0 Å². The number of nitrogens with zero attached hydrogens (tertiary/aromatic N) is 3. The van der Waals surface area contributed by atoms with Crippen molar-refractivity contribution < 1.29 is 10.2 Å². The van der Waals surface area contributed by atoms with Crippen LogP contribution in [0.2, 0.25) is 0 Å². The van der Waals surface area contributed by atoms with E-state index in [2.05, 4.69) is 9.97 Å². The van der Waals surface area contributed by atoms with E-state index in [9.17, 15) is 10.2 Å². The zero-order chi connectivity index (χ0) is 15.5. The van der Waals surface area contributed by atoms with Crippen molar-refractivity contribution in [2.45, 2.75) is 0 Å². The van der Waals surface area contributed by atoms with E-state index in [1.54, 1.807) is 18.2 Å². The van der Waals surface area contributed by atoms with Crippen LogP contribution in [0, 0.1) is 0 Å². The van der Waals surface area contributed by atoms with Gasteiger partial charge < -0.3 is 15.1 Å². The Kier molecular flexibility index (Phi) is 3.89. The van der Waals surface area contributed by atoms with Gasteiger partial charge in [0, 0.05) is 19.0 Å². The van der Waals surface area contributed by atoms with E-state index in [4.69, 9.17) is 0 Å². The summed E-state index contributed by atoms with van der Waals surface area (Å²) in [5.41, 5.74) is 1.39. The molecule has 5 nitrogen and oxygen atoms in total. The van der Waals surface area contributed by atoms with Crippen molar-refractivity contribution >= 4 is 16.7 Å². The molecule has 0 amide bonds. The normalized spacial score (nSPS) is 10.8. The molecular weight excluding hydrogens is 278 g/mol. The van der Waals surface area contributed by atoms with Crippen molar-refractivity contribution in [3.63, 3.8) is 0 Å². The summed E-state index contributed by atoms with van der Waals surface area (Å²) in [5, 5.41) is 20.1. The van der Waals surface area contributed by atoms with Crippen LogP contribution < -0.4 is 4.90 Å². The number of phenols is 1. The Morgan fingerprint density at radius 3 is 2.50 bits per heavy atom. The van der Waals surface area contributed by atoms with E-state index in [1.165, 1.54) is 0 Å². The van der Waals surface area contributed by atoms with Gasteiger partial charge >= 0.3 is 0 Å². The lowest BCUT2D eigenvalue weighted by Gasteiger charge is -2.19. The minimum absolute atomic E-state index is 0.0424. The van der Waals surface area contributed by atoms with Crippen LogP contribution in [-0.2, 0) is 0 Å². The summed E-state index contributed by atoms with van der Waals surface area (Å²) in [6.45, 7) is 0.516. The number of para-hydroxylation sites is 2. The summed E-state index contributed by atoms with van der Waals surface area (Å²) in [5.74, 6) is 1.35. The molecule has 0 fully saturated rings. The fourth-order valence-corrected chi connectivity index (χ4v) is 2.39. The number of aromatic hydroxyl groups is 1. The van der Waals surface area contributed by atoms with Crippen molar-refractivity contribution in [1.29, 1.82) is 0 Å². The van der Waals surface area contributed by atoms with Crippen LogP contribution >= 0.6 is 0 Å². The quantitative estimate of drug-likeness (QED) is 0.773. The average molecular weight is 295 g/mol. The number of aliphatic hydroxyl groups excluding tert-OH is 1. The zero-order valence-corrected chi connectivity index (χ0v) is 12.3. The molecule has 0 radical (unpaired) electrons. The number of hydrogen-bond acceptors (Lipinski definition) is 5. The number of fused-ring (bicyclic) bond motifs is 1. The third-order valence-corrected chi connectivity index (χ3v) is 3.53. The predicted octanol–water partition coefficient (Wildman–Crippen LogP) is 2.43. The van der Waals surface area contributed by atoms with Crippen LogP contribution in [-0.4, -0.2) is 40.4 Å². The summed E-state index contributed by atoms with van der Waals surface area (Å²) < 4.78 is 0. The first-order valence-electron chi connectivity index (χ1n) is 7.08. The lowest BCUT2D eigenvalue weighted by Crippen LogP contribution is -2.22. The molecule has 3 aromatic rings. The average Bonchev–Trinajstić information content (AvgIpc) is 2.54. The van der Waals surface area contributed by atoms with Crippen molar-refractivity contribution in [2.75, 3.05) is 25.1 Å². The highest BCUT2D eigenvalue weighted by atomic mass is 16.3. The van der Waals surface area contributed by atoms with Gasteiger partial charge in [-0.1, -0.05) is 24.3 Å². The van der Waals surface area contributed by atoms with E-state index >= 15 is 0 Å². The third-order valence-electron chi connectivity index (χ3n) is 3.53. The number of benzene rings is 2. The minimum atomic E-state index is 0.0424. The lowest BCUT2D eigenvalue weighted by atomic mass is 10.1. The van der Waals surface area contributed by atoms with E-state index < -0.39 is 0 Å². The largest absolute Gasteiger partial charge is 0.507 e. The molecule has 0 saturated carbocycles. The summed E-state index contributed by atoms with van der Waals surface area (Å²) in [6.07, 6.45) is 0. The summed E-state index contributed by atoms with van der Waals surface area (Å²) in [7, 11) is 1.87. The van der Waals surface area contributed by atoms with Gasteiger partial charge in [0.2, 0.25) is 0 Å². The van der Waals surface area contributed by atoms with Crippen LogP contribution in [0.5, 0.6) is 5.75 Å². The Hall–Kier alpha value is -2.66. The van der Waals surface area contributed by atoms with Gasteiger partial charge in [0.25, 0.3) is 0 Å². The predicted molar refractivity (Wildman–Crippen MR) is 87.0 cm³/mol. The van der Waals surface area contributed by atoms with Gasteiger partial charge in [0.1, 0.15) is 11.6 Å². The van der Waals surface area contributed by atoms with Crippen molar-refractivity contribution in [3.05, 3.63) is 48.5 Å². The Bertz CT molecular complexity index is 805. The van der Waals surface area contributed by atoms with Crippen LogP contribution in [0.1, 0.15) is 0 Å². The highest BCUT2D eigenvalue weighted by molar-refractivity contribution is 5.91. The van der Waals surface area contributed by atoms with Gasteiger partial charge in [-0.25, -0.2) is 9.97 Å². The molecule has 0 saturated heterocycles. The smallest absolute Gasteiger partial charge is 0.165 e. The number of phenolic OH excluding ortho intramolecular Hbond substituents is 1. The minimum Gasteiger partial charge on any atom is -0.507 e.